The van der Waals surface area contributed by atoms with E-state index in [0.717, 1.165) is 6.20 Å². The smallest absolute Gasteiger partial charge is 0.353 e. The molecule has 0 saturated carbocycles. The molecule has 2 heterocycles. The van der Waals surface area contributed by atoms with Crippen LogP contribution in [-0.4, -0.2) is 67.2 Å². The average molecular weight is 352 g/mol. The van der Waals surface area contributed by atoms with Crippen LogP contribution < -0.4 is 10.4 Å². The molecule has 2 rings (SSSR count). The summed E-state index contributed by atoms with van der Waals surface area (Å²) >= 11 is 0. The summed E-state index contributed by atoms with van der Waals surface area (Å²) in [6, 6.07) is 1.21. The van der Waals surface area contributed by atoms with Crippen LogP contribution in [0.15, 0.2) is 17.1 Å². The number of aromatic nitrogens is 2. The summed E-state index contributed by atoms with van der Waals surface area (Å²) < 4.78 is 53.3. The SMILES string of the molecule is COCOC[C@H]1O[C@@H](n2ccc(OCOC)nc2=O)C(F)(F)[C@@H]1O. The Morgan fingerprint density at radius 1 is 1.38 bits per heavy atom. The van der Waals surface area contributed by atoms with Crippen molar-refractivity contribution in [2.45, 2.75) is 24.4 Å². The van der Waals surface area contributed by atoms with Crippen molar-refractivity contribution in [3.05, 3.63) is 22.7 Å². The predicted octanol–water partition coefficient (Wildman–Crippen LogP) is -0.260. The van der Waals surface area contributed by atoms with Gasteiger partial charge >= 0.3 is 11.6 Å². The molecule has 1 aliphatic heterocycles. The molecule has 3 atom stereocenters. The van der Waals surface area contributed by atoms with E-state index in [1.807, 2.05) is 0 Å². The standard InChI is InChI=1S/C13H18F2N2O7/c1-20-6-22-5-8-10(18)13(14,15)11(24-8)17-4-3-9(16-12(17)19)23-7-21-2/h3-4,8,10-11,18H,5-7H2,1-2H3/t8-,10-,11-/m1/s1. The van der Waals surface area contributed by atoms with Crippen molar-refractivity contribution in [1.29, 1.82) is 0 Å². The zero-order chi connectivity index (χ0) is 17.7. The summed E-state index contributed by atoms with van der Waals surface area (Å²) in [4.78, 5) is 15.4. The molecule has 24 heavy (non-hydrogen) atoms. The zero-order valence-electron chi connectivity index (χ0n) is 13.1. The summed E-state index contributed by atoms with van der Waals surface area (Å²) in [5.41, 5.74) is -1.01. The summed E-state index contributed by atoms with van der Waals surface area (Å²) in [5.74, 6) is -3.79. The molecule has 9 nitrogen and oxygen atoms in total. The van der Waals surface area contributed by atoms with Crippen molar-refractivity contribution in [3.63, 3.8) is 0 Å². The lowest BCUT2D eigenvalue weighted by molar-refractivity contribution is -0.141. The van der Waals surface area contributed by atoms with E-state index in [-0.39, 0.29) is 26.1 Å². The first kappa shape index (κ1) is 18.7. The fourth-order valence-corrected chi connectivity index (χ4v) is 2.13. The topological polar surface area (TPSA) is 101 Å². The predicted molar refractivity (Wildman–Crippen MR) is 73.7 cm³/mol. The number of aliphatic hydroxyl groups excluding tert-OH is 1. The molecule has 1 aliphatic rings. The van der Waals surface area contributed by atoms with Crippen molar-refractivity contribution in [3.8, 4) is 5.88 Å². The molecule has 1 fully saturated rings. The minimum absolute atomic E-state index is 0.0834. The van der Waals surface area contributed by atoms with Crippen LogP contribution >= 0.6 is 0 Å². The third kappa shape index (κ3) is 3.87. The summed E-state index contributed by atoms with van der Waals surface area (Å²) in [7, 11) is 2.74. The number of hydrogen-bond acceptors (Lipinski definition) is 8. The molecule has 0 aliphatic carbocycles. The number of hydrogen-bond donors (Lipinski definition) is 1. The van der Waals surface area contributed by atoms with Crippen LogP contribution in [0.3, 0.4) is 0 Å². The molecular weight excluding hydrogens is 334 g/mol. The van der Waals surface area contributed by atoms with E-state index in [9.17, 15) is 18.7 Å². The highest BCUT2D eigenvalue weighted by molar-refractivity contribution is 5.07. The highest BCUT2D eigenvalue weighted by Crippen LogP contribution is 2.42. The first-order valence-corrected chi connectivity index (χ1v) is 6.90. The Morgan fingerprint density at radius 3 is 2.71 bits per heavy atom. The zero-order valence-corrected chi connectivity index (χ0v) is 13.1. The maximum absolute atomic E-state index is 14.2. The van der Waals surface area contributed by atoms with Crippen LogP contribution in [0, 0.1) is 0 Å². The summed E-state index contributed by atoms with van der Waals surface area (Å²) in [5, 5.41) is 9.74. The van der Waals surface area contributed by atoms with Crippen LogP contribution in [0.5, 0.6) is 5.88 Å². The summed E-state index contributed by atoms with van der Waals surface area (Å²) in [6.45, 7) is -0.613. The fraction of sp³-hybridized carbons (Fsp3) is 0.692. The minimum Gasteiger partial charge on any atom is -0.450 e. The second kappa shape index (κ2) is 7.94. The van der Waals surface area contributed by atoms with Gasteiger partial charge in [0.2, 0.25) is 12.1 Å². The van der Waals surface area contributed by atoms with Gasteiger partial charge in [-0.3, -0.25) is 4.57 Å². The maximum atomic E-state index is 14.2. The van der Waals surface area contributed by atoms with Crippen LogP contribution in [0.1, 0.15) is 6.23 Å². The van der Waals surface area contributed by atoms with Gasteiger partial charge in [0.25, 0.3) is 0 Å². The quantitative estimate of drug-likeness (QED) is 0.504. The van der Waals surface area contributed by atoms with E-state index in [1.165, 1.54) is 20.3 Å². The Hall–Kier alpha value is -1.66. The van der Waals surface area contributed by atoms with Gasteiger partial charge in [0.15, 0.2) is 12.9 Å². The molecule has 1 aromatic heterocycles. The van der Waals surface area contributed by atoms with Crippen LogP contribution in [0.4, 0.5) is 8.78 Å². The van der Waals surface area contributed by atoms with Gasteiger partial charge in [-0.2, -0.15) is 13.8 Å². The normalized spacial score (nSPS) is 25.8. The largest absolute Gasteiger partial charge is 0.450 e. The Labute approximate surface area is 135 Å². The number of rotatable bonds is 8. The molecular formula is C13H18F2N2O7. The lowest BCUT2D eigenvalue weighted by atomic mass is 10.1. The van der Waals surface area contributed by atoms with Gasteiger partial charge in [0, 0.05) is 26.5 Å². The molecule has 0 unspecified atom stereocenters. The van der Waals surface area contributed by atoms with E-state index >= 15 is 0 Å². The van der Waals surface area contributed by atoms with Crippen LogP contribution in [-0.2, 0) is 18.9 Å². The van der Waals surface area contributed by atoms with Gasteiger partial charge in [-0.1, -0.05) is 0 Å². The van der Waals surface area contributed by atoms with Gasteiger partial charge < -0.3 is 28.8 Å². The Kier molecular flexibility index (Phi) is 6.18. The number of halogens is 2. The van der Waals surface area contributed by atoms with Gasteiger partial charge in [-0.25, -0.2) is 4.79 Å². The van der Waals surface area contributed by atoms with E-state index in [2.05, 4.69) is 14.5 Å². The molecule has 0 radical (unpaired) electrons. The first-order valence-electron chi connectivity index (χ1n) is 6.90. The molecule has 0 spiro atoms. The van der Waals surface area contributed by atoms with E-state index in [1.54, 1.807) is 0 Å². The lowest BCUT2D eigenvalue weighted by Crippen LogP contribution is -2.42. The number of ether oxygens (including phenoxy) is 5. The second-order valence-corrected chi connectivity index (χ2v) is 4.93. The van der Waals surface area contributed by atoms with Gasteiger partial charge in [-0.05, 0) is 0 Å². The Bertz CT molecular complexity index is 598. The molecule has 0 bridgehead atoms. The Morgan fingerprint density at radius 2 is 2.08 bits per heavy atom. The fourth-order valence-electron chi connectivity index (χ4n) is 2.13. The van der Waals surface area contributed by atoms with E-state index < -0.39 is 30.0 Å². The van der Waals surface area contributed by atoms with Crippen LogP contribution in [0.25, 0.3) is 0 Å². The molecule has 1 aromatic rings. The van der Waals surface area contributed by atoms with Crippen molar-refractivity contribution in [1.82, 2.24) is 9.55 Å². The number of aliphatic hydroxyl groups is 1. The van der Waals surface area contributed by atoms with Crippen molar-refractivity contribution in [2.75, 3.05) is 34.4 Å². The molecule has 136 valence electrons. The number of methoxy groups -OCH3 is 2. The first-order chi connectivity index (χ1) is 11.4. The Balaban J connectivity index is 2.16. The van der Waals surface area contributed by atoms with Crippen LogP contribution in [0.2, 0.25) is 0 Å². The van der Waals surface area contributed by atoms with Gasteiger partial charge in [-0.15, -0.1) is 0 Å². The van der Waals surface area contributed by atoms with Crippen molar-refractivity contribution < 1.29 is 37.6 Å². The third-order valence-corrected chi connectivity index (χ3v) is 3.24. The van der Waals surface area contributed by atoms with Gasteiger partial charge in [0.1, 0.15) is 12.9 Å². The molecule has 0 amide bonds. The number of nitrogens with zero attached hydrogens (tertiary/aromatic N) is 2. The third-order valence-electron chi connectivity index (χ3n) is 3.24. The lowest BCUT2D eigenvalue weighted by Gasteiger charge is -2.21. The van der Waals surface area contributed by atoms with E-state index in [0.29, 0.717) is 4.57 Å². The van der Waals surface area contributed by atoms with Gasteiger partial charge in [0.05, 0.1) is 6.61 Å². The monoisotopic (exact) mass is 352 g/mol. The molecule has 1 N–H and O–H groups in total. The molecule has 1 saturated heterocycles. The average Bonchev–Trinajstić information content (AvgIpc) is 2.77. The van der Waals surface area contributed by atoms with E-state index in [4.69, 9.17) is 14.2 Å². The van der Waals surface area contributed by atoms with Crippen molar-refractivity contribution >= 4 is 0 Å². The number of alkyl halides is 2. The second-order valence-electron chi connectivity index (χ2n) is 4.93. The van der Waals surface area contributed by atoms with Crippen molar-refractivity contribution in [2.24, 2.45) is 0 Å². The highest BCUT2D eigenvalue weighted by atomic mass is 19.3. The highest BCUT2D eigenvalue weighted by Gasteiger charge is 2.59. The molecule has 0 aromatic carbocycles. The molecule has 11 heteroatoms. The minimum atomic E-state index is -3.71. The maximum Gasteiger partial charge on any atom is 0.353 e. The summed E-state index contributed by atoms with van der Waals surface area (Å²) in [6.07, 6.45) is -4.43.